The monoisotopic (exact) mass is 328 g/mol. The zero-order valence-corrected chi connectivity index (χ0v) is 13.7. The molecule has 5 heteroatoms. The van der Waals surface area contributed by atoms with Crippen LogP contribution in [0.5, 0.6) is 17.2 Å². The average molecular weight is 328 g/mol. The van der Waals surface area contributed by atoms with Gasteiger partial charge < -0.3 is 19.3 Å². The number of carbonyl (C=O) groups is 1. The molecule has 3 rings (SSSR count). The van der Waals surface area contributed by atoms with Crippen molar-refractivity contribution in [1.82, 2.24) is 0 Å². The fraction of sp³-hybridized carbons (Fsp3) is 0.316. The second kappa shape index (κ2) is 6.83. The molecule has 1 N–H and O–H groups in total. The summed E-state index contributed by atoms with van der Waals surface area (Å²) in [6, 6.07) is 11.2. The smallest absolute Gasteiger partial charge is 0.311 e. The van der Waals surface area contributed by atoms with E-state index in [1.807, 2.05) is 18.2 Å². The SMILES string of the molecule is CCc1ccc(OC)c(CC(C(=O)O)c2ccc3c(c2)OCO3)c1. The van der Waals surface area contributed by atoms with Crippen molar-refractivity contribution in [2.75, 3.05) is 13.9 Å². The topological polar surface area (TPSA) is 65.0 Å². The summed E-state index contributed by atoms with van der Waals surface area (Å²) in [6.45, 7) is 2.24. The van der Waals surface area contributed by atoms with Gasteiger partial charge >= 0.3 is 5.97 Å². The third-order valence-electron chi connectivity index (χ3n) is 4.27. The van der Waals surface area contributed by atoms with Crippen molar-refractivity contribution < 1.29 is 24.1 Å². The second-order valence-corrected chi connectivity index (χ2v) is 5.71. The van der Waals surface area contributed by atoms with Crippen molar-refractivity contribution in [3.8, 4) is 17.2 Å². The molecule has 1 aliphatic rings. The normalized spacial score (nSPS) is 13.6. The van der Waals surface area contributed by atoms with Gasteiger partial charge in [-0.1, -0.05) is 25.1 Å². The summed E-state index contributed by atoms with van der Waals surface area (Å²) in [5, 5.41) is 9.71. The first-order chi connectivity index (χ1) is 11.6. The van der Waals surface area contributed by atoms with Gasteiger partial charge in [0, 0.05) is 0 Å². The summed E-state index contributed by atoms with van der Waals surface area (Å²) in [5.74, 6) is 0.388. The maximum Gasteiger partial charge on any atom is 0.311 e. The minimum absolute atomic E-state index is 0.170. The van der Waals surface area contributed by atoms with Gasteiger partial charge in [0.15, 0.2) is 11.5 Å². The number of aryl methyl sites for hydroxylation is 1. The molecule has 126 valence electrons. The van der Waals surface area contributed by atoms with Crippen LogP contribution in [0.3, 0.4) is 0 Å². The van der Waals surface area contributed by atoms with Crippen LogP contribution in [0.4, 0.5) is 0 Å². The zero-order chi connectivity index (χ0) is 17.1. The van der Waals surface area contributed by atoms with Crippen LogP contribution in [0.25, 0.3) is 0 Å². The summed E-state index contributed by atoms with van der Waals surface area (Å²) in [5.41, 5.74) is 2.73. The number of fused-ring (bicyclic) bond motifs is 1. The molecule has 1 heterocycles. The Morgan fingerprint density at radius 2 is 2.00 bits per heavy atom. The lowest BCUT2D eigenvalue weighted by molar-refractivity contribution is -0.138. The molecule has 0 saturated carbocycles. The van der Waals surface area contributed by atoms with E-state index in [0.717, 1.165) is 17.5 Å². The van der Waals surface area contributed by atoms with Crippen molar-refractivity contribution in [3.05, 3.63) is 53.1 Å². The van der Waals surface area contributed by atoms with Crippen LogP contribution in [-0.2, 0) is 17.6 Å². The van der Waals surface area contributed by atoms with Gasteiger partial charge in [-0.05, 0) is 47.7 Å². The molecule has 0 aromatic heterocycles. The minimum Gasteiger partial charge on any atom is -0.496 e. The van der Waals surface area contributed by atoms with Gasteiger partial charge in [-0.25, -0.2) is 0 Å². The predicted molar refractivity (Wildman–Crippen MR) is 89.0 cm³/mol. The molecule has 0 radical (unpaired) electrons. The molecule has 24 heavy (non-hydrogen) atoms. The van der Waals surface area contributed by atoms with E-state index in [1.54, 1.807) is 25.3 Å². The number of benzene rings is 2. The molecular weight excluding hydrogens is 308 g/mol. The van der Waals surface area contributed by atoms with E-state index in [4.69, 9.17) is 14.2 Å². The van der Waals surface area contributed by atoms with Crippen LogP contribution in [-0.4, -0.2) is 25.0 Å². The number of carboxylic acid groups (broad SMARTS) is 1. The van der Waals surface area contributed by atoms with E-state index in [-0.39, 0.29) is 6.79 Å². The van der Waals surface area contributed by atoms with Crippen molar-refractivity contribution in [2.24, 2.45) is 0 Å². The Hall–Kier alpha value is -2.69. The van der Waals surface area contributed by atoms with E-state index < -0.39 is 11.9 Å². The van der Waals surface area contributed by atoms with Gasteiger partial charge in [0.1, 0.15) is 5.75 Å². The van der Waals surface area contributed by atoms with Crippen LogP contribution in [0, 0.1) is 0 Å². The predicted octanol–water partition coefficient (Wildman–Crippen LogP) is 3.40. The fourth-order valence-corrected chi connectivity index (χ4v) is 2.91. The first-order valence-electron chi connectivity index (χ1n) is 7.90. The molecule has 1 atom stereocenters. The maximum absolute atomic E-state index is 11.8. The van der Waals surface area contributed by atoms with Crippen LogP contribution in [0.1, 0.15) is 29.5 Å². The van der Waals surface area contributed by atoms with E-state index in [1.165, 1.54) is 0 Å². The van der Waals surface area contributed by atoms with E-state index in [0.29, 0.717) is 29.2 Å². The molecule has 5 nitrogen and oxygen atoms in total. The van der Waals surface area contributed by atoms with Crippen LogP contribution >= 0.6 is 0 Å². The van der Waals surface area contributed by atoms with E-state index in [2.05, 4.69) is 6.92 Å². The minimum atomic E-state index is -0.877. The Kier molecular flexibility index (Phi) is 4.60. The molecule has 0 aliphatic carbocycles. The third kappa shape index (κ3) is 3.15. The highest BCUT2D eigenvalue weighted by Gasteiger charge is 2.25. The number of aliphatic carboxylic acids is 1. The van der Waals surface area contributed by atoms with Crippen molar-refractivity contribution in [1.29, 1.82) is 0 Å². The van der Waals surface area contributed by atoms with Gasteiger partial charge in [0.25, 0.3) is 0 Å². The number of methoxy groups -OCH3 is 1. The quantitative estimate of drug-likeness (QED) is 0.880. The molecule has 0 amide bonds. The molecule has 1 aliphatic heterocycles. The van der Waals surface area contributed by atoms with Crippen molar-refractivity contribution in [2.45, 2.75) is 25.7 Å². The van der Waals surface area contributed by atoms with Gasteiger partial charge in [-0.15, -0.1) is 0 Å². The summed E-state index contributed by atoms with van der Waals surface area (Å²) >= 11 is 0. The summed E-state index contributed by atoms with van der Waals surface area (Å²) in [6.07, 6.45) is 1.24. The first-order valence-corrected chi connectivity index (χ1v) is 7.90. The van der Waals surface area contributed by atoms with E-state index in [9.17, 15) is 9.90 Å². The van der Waals surface area contributed by atoms with Crippen LogP contribution in [0.2, 0.25) is 0 Å². The molecule has 0 saturated heterocycles. The van der Waals surface area contributed by atoms with Crippen molar-refractivity contribution >= 4 is 5.97 Å². The lowest BCUT2D eigenvalue weighted by atomic mass is 9.90. The number of ether oxygens (including phenoxy) is 3. The van der Waals surface area contributed by atoms with Gasteiger partial charge in [-0.2, -0.15) is 0 Å². The van der Waals surface area contributed by atoms with Gasteiger partial charge in [0.05, 0.1) is 13.0 Å². The summed E-state index contributed by atoms with van der Waals surface area (Å²) < 4.78 is 16.0. The summed E-state index contributed by atoms with van der Waals surface area (Å²) in [7, 11) is 1.60. The van der Waals surface area contributed by atoms with Gasteiger partial charge in [0.2, 0.25) is 6.79 Å². The number of carboxylic acids is 1. The highest BCUT2D eigenvalue weighted by molar-refractivity contribution is 5.77. The van der Waals surface area contributed by atoms with Gasteiger partial charge in [-0.3, -0.25) is 4.79 Å². The Morgan fingerprint density at radius 1 is 1.21 bits per heavy atom. The highest BCUT2D eigenvalue weighted by atomic mass is 16.7. The molecule has 0 bridgehead atoms. The molecular formula is C19H20O5. The Bertz CT molecular complexity index is 753. The van der Waals surface area contributed by atoms with E-state index >= 15 is 0 Å². The molecule has 0 spiro atoms. The Labute approximate surface area is 140 Å². The molecule has 2 aromatic carbocycles. The highest BCUT2D eigenvalue weighted by Crippen LogP contribution is 2.36. The average Bonchev–Trinajstić information content (AvgIpc) is 3.06. The molecule has 1 unspecified atom stereocenters. The standard InChI is InChI=1S/C19H20O5/c1-3-12-4-6-16(22-2)14(8-12)9-15(19(20)21)13-5-7-17-18(10-13)24-11-23-17/h4-8,10,15H,3,9,11H2,1-2H3,(H,20,21). The Morgan fingerprint density at radius 3 is 2.71 bits per heavy atom. The first kappa shape index (κ1) is 16.2. The largest absolute Gasteiger partial charge is 0.496 e. The number of rotatable bonds is 6. The second-order valence-electron chi connectivity index (χ2n) is 5.71. The summed E-state index contributed by atoms with van der Waals surface area (Å²) in [4.78, 5) is 11.8. The third-order valence-corrected chi connectivity index (χ3v) is 4.27. The lowest BCUT2D eigenvalue weighted by Gasteiger charge is -2.16. The molecule has 0 fully saturated rings. The Balaban J connectivity index is 1.94. The fourth-order valence-electron chi connectivity index (χ4n) is 2.91. The molecule has 2 aromatic rings. The van der Waals surface area contributed by atoms with Crippen LogP contribution < -0.4 is 14.2 Å². The zero-order valence-electron chi connectivity index (χ0n) is 13.7. The van der Waals surface area contributed by atoms with Crippen molar-refractivity contribution in [3.63, 3.8) is 0 Å². The number of hydrogen-bond donors (Lipinski definition) is 1. The van der Waals surface area contributed by atoms with Crippen LogP contribution in [0.15, 0.2) is 36.4 Å². The number of hydrogen-bond acceptors (Lipinski definition) is 4. The maximum atomic E-state index is 11.8. The lowest BCUT2D eigenvalue weighted by Crippen LogP contribution is -2.15.